The second kappa shape index (κ2) is 13.8. The molecule has 5 rings (SSSR count). The normalized spacial score (nSPS) is 11.3. The number of anilines is 1. The Morgan fingerprint density at radius 3 is 2.15 bits per heavy atom. The predicted octanol–water partition coefficient (Wildman–Crippen LogP) is 10.00. The molecule has 1 heterocycles. The molecule has 7 nitrogen and oxygen atoms in total. The Bertz CT molecular complexity index is 1870. The highest BCUT2D eigenvalue weighted by Gasteiger charge is 2.19. The summed E-state index contributed by atoms with van der Waals surface area (Å²) in [6.45, 7) is 8.72. The van der Waals surface area contributed by atoms with Gasteiger partial charge in [-0.1, -0.05) is 80.4 Å². The van der Waals surface area contributed by atoms with Crippen LogP contribution in [-0.4, -0.2) is 26.5 Å². The molecule has 0 saturated carbocycles. The molecule has 0 radical (unpaired) electrons. The van der Waals surface area contributed by atoms with E-state index in [2.05, 4.69) is 41.1 Å². The molecule has 9 heteroatoms. The minimum absolute atomic E-state index is 0.0390. The number of halogens is 2. The molecular formula is C37H35Cl2N3O4. The number of carboxylic acid groups (broad SMARTS) is 1. The third kappa shape index (κ3) is 8.16. The van der Waals surface area contributed by atoms with Gasteiger partial charge in [-0.3, -0.25) is 4.79 Å². The van der Waals surface area contributed by atoms with Crippen LogP contribution in [0.5, 0.6) is 11.5 Å². The van der Waals surface area contributed by atoms with Crippen LogP contribution in [0.1, 0.15) is 55.9 Å². The lowest BCUT2D eigenvalue weighted by molar-refractivity contribution is -0.117. The van der Waals surface area contributed by atoms with Gasteiger partial charge in [-0.2, -0.15) is 0 Å². The summed E-state index contributed by atoms with van der Waals surface area (Å²) in [5.74, 6) is 0.470. The number of carbonyl (C=O) groups is 2. The van der Waals surface area contributed by atoms with Crippen molar-refractivity contribution in [2.45, 2.75) is 47.1 Å². The summed E-state index contributed by atoms with van der Waals surface area (Å²) in [7, 11) is 0. The summed E-state index contributed by atoms with van der Waals surface area (Å²) in [6.07, 6.45) is 2.96. The van der Waals surface area contributed by atoms with Crippen LogP contribution in [0.2, 0.25) is 10.0 Å². The number of nitrogens with one attached hydrogen (secondary N) is 1. The molecule has 0 aliphatic rings. The SMILES string of the molecule is CCn1cc(-c2ccc(Cl)cc2Cl)nc1Cc1ccc(-c2ccc(Oc3ccc(NC(=O)CC(C)(C)C)c(C(=O)O)c3)cc2)cc1. The molecule has 0 unspecified atom stereocenters. The Kier molecular flexibility index (Phi) is 9.85. The Labute approximate surface area is 278 Å². The molecule has 0 aliphatic carbocycles. The van der Waals surface area contributed by atoms with Crippen molar-refractivity contribution in [3.63, 3.8) is 0 Å². The number of benzene rings is 4. The fourth-order valence-corrected chi connectivity index (χ4v) is 5.60. The standard InChI is InChI=1S/C37H35Cl2N3O4/c1-5-42-22-33(29-16-12-26(38)19-31(29)39)40-34(42)18-23-6-8-24(9-7-23)25-10-13-27(14-11-25)46-28-15-17-32(30(20-28)36(44)45)41-35(43)21-37(2,3)4/h6-17,19-20,22H,5,18,21H2,1-4H3,(H,41,43)(H,44,45). The van der Waals surface area contributed by atoms with E-state index < -0.39 is 5.97 Å². The number of aromatic nitrogens is 2. The molecule has 5 aromatic rings. The van der Waals surface area contributed by atoms with Crippen molar-refractivity contribution in [1.82, 2.24) is 9.55 Å². The number of aryl methyl sites for hydroxylation is 1. The van der Waals surface area contributed by atoms with Crippen LogP contribution in [0.3, 0.4) is 0 Å². The van der Waals surface area contributed by atoms with Crippen molar-refractivity contribution in [2.24, 2.45) is 5.41 Å². The average Bonchev–Trinajstić information content (AvgIpc) is 3.40. The van der Waals surface area contributed by atoms with E-state index in [1.54, 1.807) is 18.2 Å². The van der Waals surface area contributed by atoms with Crippen molar-refractivity contribution in [3.05, 3.63) is 118 Å². The first-order valence-corrected chi connectivity index (χ1v) is 15.7. The first kappa shape index (κ1) is 32.8. The molecule has 1 amide bonds. The van der Waals surface area contributed by atoms with Crippen LogP contribution in [0.15, 0.2) is 91.1 Å². The molecule has 236 valence electrons. The summed E-state index contributed by atoms with van der Waals surface area (Å²) in [5.41, 5.74) is 4.83. The van der Waals surface area contributed by atoms with Gasteiger partial charge < -0.3 is 19.7 Å². The Balaban J connectivity index is 1.25. The minimum Gasteiger partial charge on any atom is -0.478 e. The Hall–Kier alpha value is -4.59. The number of carboxylic acids is 1. The van der Waals surface area contributed by atoms with Crippen LogP contribution in [0.25, 0.3) is 22.4 Å². The van der Waals surface area contributed by atoms with Gasteiger partial charge in [0, 0.05) is 36.2 Å². The third-order valence-corrected chi connectivity index (χ3v) is 7.88. The number of amides is 1. The minimum atomic E-state index is -1.15. The van der Waals surface area contributed by atoms with Gasteiger partial charge in [0.2, 0.25) is 5.91 Å². The number of rotatable bonds is 10. The maximum Gasteiger partial charge on any atom is 0.337 e. The largest absolute Gasteiger partial charge is 0.478 e. The fraction of sp³-hybridized carbons (Fsp3) is 0.216. The quantitative estimate of drug-likeness (QED) is 0.156. The van der Waals surface area contributed by atoms with Gasteiger partial charge in [-0.25, -0.2) is 9.78 Å². The Morgan fingerprint density at radius 2 is 1.54 bits per heavy atom. The highest BCUT2D eigenvalue weighted by molar-refractivity contribution is 6.36. The van der Waals surface area contributed by atoms with Crippen LogP contribution >= 0.6 is 23.2 Å². The van der Waals surface area contributed by atoms with Gasteiger partial charge in [0.15, 0.2) is 0 Å². The molecule has 0 aliphatic heterocycles. The monoisotopic (exact) mass is 655 g/mol. The topological polar surface area (TPSA) is 93.5 Å². The van der Waals surface area contributed by atoms with Crippen LogP contribution in [0, 0.1) is 5.41 Å². The van der Waals surface area contributed by atoms with Gasteiger partial charge >= 0.3 is 5.97 Å². The van der Waals surface area contributed by atoms with Gasteiger partial charge in [0.1, 0.15) is 17.3 Å². The van der Waals surface area contributed by atoms with Gasteiger partial charge in [0.05, 0.1) is 22.0 Å². The smallest absolute Gasteiger partial charge is 0.337 e. The van der Waals surface area contributed by atoms with E-state index in [4.69, 9.17) is 32.9 Å². The maximum atomic E-state index is 12.4. The number of aromatic carboxylic acids is 1. The second-order valence-electron chi connectivity index (χ2n) is 12.3. The van der Waals surface area contributed by atoms with Crippen LogP contribution in [-0.2, 0) is 17.8 Å². The molecule has 4 aromatic carbocycles. The highest BCUT2D eigenvalue weighted by atomic mass is 35.5. The summed E-state index contributed by atoms with van der Waals surface area (Å²) in [5, 5.41) is 13.6. The number of hydrogen-bond donors (Lipinski definition) is 2. The first-order chi connectivity index (χ1) is 21.9. The van der Waals surface area contributed by atoms with Gasteiger partial charge in [-0.05, 0) is 77.6 Å². The molecular weight excluding hydrogens is 621 g/mol. The molecule has 0 spiro atoms. The molecule has 0 bridgehead atoms. The van der Waals surface area contributed by atoms with E-state index in [-0.39, 0.29) is 29.0 Å². The lowest BCUT2D eigenvalue weighted by Crippen LogP contribution is -2.20. The summed E-state index contributed by atoms with van der Waals surface area (Å²) in [4.78, 5) is 29.2. The fourth-order valence-electron chi connectivity index (χ4n) is 5.09. The van der Waals surface area contributed by atoms with Crippen LogP contribution in [0.4, 0.5) is 5.69 Å². The number of carbonyl (C=O) groups excluding carboxylic acids is 1. The second-order valence-corrected chi connectivity index (χ2v) is 13.1. The predicted molar refractivity (Wildman–Crippen MR) is 184 cm³/mol. The molecule has 0 saturated heterocycles. The zero-order valence-electron chi connectivity index (χ0n) is 26.1. The molecule has 0 atom stereocenters. The van der Waals surface area contributed by atoms with E-state index in [9.17, 15) is 14.7 Å². The molecule has 2 N–H and O–H groups in total. The zero-order chi connectivity index (χ0) is 33.0. The number of nitrogens with zero attached hydrogens (tertiary/aromatic N) is 2. The maximum absolute atomic E-state index is 12.4. The summed E-state index contributed by atoms with van der Waals surface area (Å²) < 4.78 is 8.08. The van der Waals surface area contributed by atoms with E-state index in [0.717, 1.165) is 40.3 Å². The molecule has 1 aromatic heterocycles. The third-order valence-electron chi connectivity index (χ3n) is 7.33. The van der Waals surface area contributed by atoms with Crippen molar-refractivity contribution in [2.75, 3.05) is 5.32 Å². The van der Waals surface area contributed by atoms with E-state index in [1.165, 1.54) is 6.07 Å². The van der Waals surface area contributed by atoms with E-state index in [1.807, 2.05) is 63.4 Å². The number of hydrogen-bond acceptors (Lipinski definition) is 4. The molecule has 46 heavy (non-hydrogen) atoms. The summed E-state index contributed by atoms with van der Waals surface area (Å²) in [6, 6.07) is 26.0. The lowest BCUT2D eigenvalue weighted by atomic mass is 9.92. The van der Waals surface area contributed by atoms with Gasteiger partial charge in [0.25, 0.3) is 0 Å². The van der Waals surface area contributed by atoms with Crippen molar-refractivity contribution in [1.29, 1.82) is 0 Å². The highest BCUT2D eigenvalue weighted by Crippen LogP contribution is 2.32. The van der Waals surface area contributed by atoms with Crippen LogP contribution < -0.4 is 10.1 Å². The first-order valence-electron chi connectivity index (χ1n) is 14.9. The van der Waals surface area contributed by atoms with Crippen molar-refractivity contribution in [3.8, 4) is 33.9 Å². The van der Waals surface area contributed by atoms with E-state index in [0.29, 0.717) is 28.0 Å². The van der Waals surface area contributed by atoms with E-state index >= 15 is 0 Å². The summed E-state index contributed by atoms with van der Waals surface area (Å²) >= 11 is 12.5. The van der Waals surface area contributed by atoms with Crippen molar-refractivity contribution < 1.29 is 19.4 Å². The molecule has 0 fully saturated rings. The van der Waals surface area contributed by atoms with Gasteiger partial charge in [-0.15, -0.1) is 0 Å². The average molecular weight is 657 g/mol. The number of imidazole rings is 1. The zero-order valence-corrected chi connectivity index (χ0v) is 27.6. The number of ether oxygens (including phenoxy) is 1. The lowest BCUT2D eigenvalue weighted by Gasteiger charge is -2.18. The Morgan fingerprint density at radius 1 is 0.891 bits per heavy atom. The van der Waals surface area contributed by atoms with Crippen molar-refractivity contribution >= 4 is 40.8 Å².